The highest BCUT2D eigenvalue weighted by Gasteiger charge is 2.27. The SMILES string of the molecule is COc1ccc(NC(=O)COC(=O)c2c(NC(=O)C(C)(C)C)sc(C)c2C)c(OC)c1. The Morgan fingerprint density at radius 1 is 1.03 bits per heavy atom. The molecule has 0 saturated heterocycles. The molecule has 0 saturated carbocycles. The molecule has 0 aliphatic rings. The number of hydrogen-bond donors (Lipinski definition) is 2. The van der Waals surface area contributed by atoms with Crippen LogP contribution < -0.4 is 20.1 Å². The van der Waals surface area contributed by atoms with Gasteiger partial charge in [0.15, 0.2) is 6.61 Å². The molecule has 8 nitrogen and oxygen atoms in total. The van der Waals surface area contributed by atoms with Crippen molar-refractivity contribution >= 4 is 39.8 Å². The number of rotatable bonds is 7. The molecule has 2 N–H and O–H groups in total. The molecule has 168 valence electrons. The molecule has 0 aliphatic carbocycles. The average Bonchev–Trinajstić information content (AvgIpc) is 2.99. The molecule has 0 fully saturated rings. The standard InChI is InChI=1S/C22H28N2O6S/c1-12-13(2)31-19(24-21(27)22(3,4)5)18(12)20(26)30-11-17(25)23-15-9-8-14(28-6)10-16(15)29-7/h8-10H,11H2,1-7H3,(H,23,25)(H,24,27). The average molecular weight is 449 g/mol. The Hall–Kier alpha value is -3.07. The lowest BCUT2D eigenvalue weighted by atomic mass is 9.96. The molecule has 0 unspecified atom stereocenters. The fourth-order valence-corrected chi connectivity index (χ4v) is 3.59. The summed E-state index contributed by atoms with van der Waals surface area (Å²) < 4.78 is 15.6. The van der Waals surface area contributed by atoms with E-state index in [1.165, 1.54) is 25.6 Å². The Bertz CT molecular complexity index is 991. The summed E-state index contributed by atoms with van der Waals surface area (Å²) in [6.45, 7) is 8.49. The molecule has 0 atom stereocenters. The first-order chi connectivity index (χ1) is 14.5. The van der Waals surface area contributed by atoms with Gasteiger partial charge in [0.1, 0.15) is 16.5 Å². The van der Waals surface area contributed by atoms with Crippen molar-refractivity contribution < 1.29 is 28.6 Å². The van der Waals surface area contributed by atoms with Gasteiger partial charge in [-0.3, -0.25) is 9.59 Å². The van der Waals surface area contributed by atoms with Gasteiger partial charge in [0.2, 0.25) is 5.91 Å². The maximum atomic E-state index is 12.7. The Morgan fingerprint density at radius 2 is 1.71 bits per heavy atom. The van der Waals surface area contributed by atoms with E-state index >= 15 is 0 Å². The minimum Gasteiger partial charge on any atom is -0.497 e. The van der Waals surface area contributed by atoms with Crippen molar-refractivity contribution in [2.24, 2.45) is 5.41 Å². The number of methoxy groups -OCH3 is 2. The van der Waals surface area contributed by atoms with Gasteiger partial charge in [-0.15, -0.1) is 11.3 Å². The maximum Gasteiger partial charge on any atom is 0.341 e. The third kappa shape index (κ3) is 5.97. The van der Waals surface area contributed by atoms with Crippen LogP contribution in [0.3, 0.4) is 0 Å². The highest BCUT2D eigenvalue weighted by molar-refractivity contribution is 7.16. The summed E-state index contributed by atoms with van der Waals surface area (Å²) in [6.07, 6.45) is 0. The minimum absolute atomic E-state index is 0.216. The van der Waals surface area contributed by atoms with Crippen LogP contribution in [0.2, 0.25) is 0 Å². The Kier molecular flexibility index (Phi) is 7.67. The van der Waals surface area contributed by atoms with Crippen LogP contribution in [0.4, 0.5) is 10.7 Å². The lowest BCUT2D eigenvalue weighted by Gasteiger charge is -2.17. The first-order valence-corrected chi connectivity index (χ1v) is 10.4. The van der Waals surface area contributed by atoms with Gasteiger partial charge in [-0.25, -0.2) is 4.79 Å². The zero-order valence-electron chi connectivity index (χ0n) is 18.8. The Labute approximate surface area is 185 Å². The van der Waals surface area contributed by atoms with Crippen molar-refractivity contribution in [2.45, 2.75) is 34.6 Å². The van der Waals surface area contributed by atoms with Crippen LogP contribution in [0.25, 0.3) is 0 Å². The summed E-state index contributed by atoms with van der Waals surface area (Å²) in [5.74, 6) is -0.429. The molecule has 31 heavy (non-hydrogen) atoms. The monoisotopic (exact) mass is 448 g/mol. The molecular weight excluding hydrogens is 420 g/mol. The summed E-state index contributed by atoms with van der Waals surface area (Å²) >= 11 is 1.30. The molecule has 0 bridgehead atoms. The first-order valence-electron chi connectivity index (χ1n) is 9.58. The summed E-state index contributed by atoms with van der Waals surface area (Å²) in [5.41, 5.74) is 0.765. The van der Waals surface area contributed by atoms with Crippen molar-refractivity contribution in [3.05, 3.63) is 34.2 Å². The van der Waals surface area contributed by atoms with Gasteiger partial charge in [0.25, 0.3) is 5.91 Å². The van der Waals surface area contributed by atoms with Gasteiger partial charge in [-0.1, -0.05) is 20.8 Å². The molecule has 2 rings (SSSR count). The van der Waals surface area contributed by atoms with E-state index in [1.807, 2.05) is 6.92 Å². The summed E-state index contributed by atoms with van der Waals surface area (Å²) in [5, 5.41) is 5.85. The highest BCUT2D eigenvalue weighted by Crippen LogP contribution is 2.34. The number of anilines is 2. The van der Waals surface area contributed by atoms with E-state index in [1.54, 1.807) is 45.9 Å². The molecule has 2 amide bonds. The Morgan fingerprint density at radius 3 is 2.29 bits per heavy atom. The molecular formula is C22H28N2O6S. The Balaban J connectivity index is 2.09. The predicted octanol–water partition coefficient (Wildman–Crippen LogP) is 4.16. The second-order valence-electron chi connectivity index (χ2n) is 7.88. The lowest BCUT2D eigenvalue weighted by molar-refractivity contribution is -0.123. The molecule has 0 radical (unpaired) electrons. The van der Waals surface area contributed by atoms with E-state index in [0.29, 0.717) is 27.8 Å². The number of carbonyl (C=O) groups is 3. The van der Waals surface area contributed by atoms with E-state index in [2.05, 4.69) is 10.6 Å². The summed E-state index contributed by atoms with van der Waals surface area (Å²) in [6, 6.07) is 4.93. The molecule has 1 aromatic heterocycles. The molecule has 1 aromatic carbocycles. The van der Waals surface area contributed by atoms with Gasteiger partial charge < -0.3 is 24.8 Å². The molecule has 0 aliphatic heterocycles. The number of amides is 2. The van der Waals surface area contributed by atoms with Crippen LogP contribution in [0.1, 0.15) is 41.6 Å². The molecule has 0 spiro atoms. The zero-order chi connectivity index (χ0) is 23.3. The van der Waals surface area contributed by atoms with Gasteiger partial charge in [0, 0.05) is 16.4 Å². The smallest absolute Gasteiger partial charge is 0.341 e. The molecule has 2 aromatic rings. The third-order valence-electron chi connectivity index (χ3n) is 4.51. The topological polar surface area (TPSA) is 103 Å². The number of thiophene rings is 1. The van der Waals surface area contributed by atoms with Gasteiger partial charge >= 0.3 is 5.97 Å². The van der Waals surface area contributed by atoms with Crippen molar-refractivity contribution in [1.82, 2.24) is 0 Å². The predicted molar refractivity (Wildman–Crippen MR) is 120 cm³/mol. The van der Waals surface area contributed by atoms with Crippen LogP contribution in [0, 0.1) is 19.3 Å². The number of nitrogens with one attached hydrogen (secondary N) is 2. The van der Waals surface area contributed by atoms with Crippen LogP contribution in [-0.4, -0.2) is 38.6 Å². The number of esters is 1. The van der Waals surface area contributed by atoms with Crippen molar-refractivity contribution in [3.63, 3.8) is 0 Å². The second-order valence-corrected chi connectivity index (χ2v) is 9.11. The fourth-order valence-electron chi connectivity index (χ4n) is 2.54. The van der Waals surface area contributed by atoms with Crippen LogP contribution in [-0.2, 0) is 14.3 Å². The van der Waals surface area contributed by atoms with Gasteiger partial charge in [-0.05, 0) is 31.5 Å². The quantitative estimate of drug-likeness (QED) is 0.617. The van der Waals surface area contributed by atoms with Crippen LogP contribution >= 0.6 is 11.3 Å². The lowest BCUT2D eigenvalue weighted by Crippen LogP contribution is -2.28. The maximum absolute atomic E-state index is 12.7. The molecule has 9 heteroatoms. The van der Waals surface area contributed by atoms with E-state index in [-0.39, 0.29) is 11.5 Å². The van der Waals surface area contributed by atoms with E-state index < -0.39 is 23.9 Å². The second kappa shape index (κ2) is 9.82. The minimum atomic E-state index is -0.678. The number of benzene rings is 1. The zero-order valence-corrected chi connectivity index (χ0v) is 19.6. The summed E-state index contributed by atoms with van der Waals surface area (Å²) in [4.78, 5) is 38.3. The van der Waals surface area contributed by atoms with Crippen molar-refractivity contribution in [3.8, 4) is 11.5 Å². The highest BCUT2D eigenvalue weighted by atomic mass is 32.1. The number of aryl methyl sites for hydroxylation is 1. The van der Waals surface area contributed by atoms with Gasteiger partial charge in [-0.2, -0.15) is 0 Å². The third-order valence-corrected chi connectivity index (χ3v) is 5.64. The van der Waals surface area contributed by atoms with E-state index in [4.69, 9.17) is 14.2 Å². The van der Waals surface area contributed by atoms with E-state index in [9.17, 15) is 14.4 Å². The number of carbonyl (C=O) groups excluding carboxylic acids is 3. The number of hydrogen-bond acceptors (Lipinski definition) is 7. The van der Waals surface area contributed by atoms with Crippen molar-refractivity contribution in [2.75, 3.05) is 31.5 Å². The van der Waals surface area contributed by atoms with Gasteiger partial charge in [0.05, 0.1) is 25.5 Å². The number of ether oxygens (including phenoxy) is 3. The first kappa shape index (κ1) is 24.2. The molecule has 1 heterocycles. The summed E-state index contributed by atoms with van der Waals surface area (Å²) in [7, 11) is 3.00. The largest absolute Gasteiger partial charge is 0.497 e. The van der Waals surface area contributed by atoms with E-state index in [0.717, 1.165) is 4.88 Å². The van der Waals surface area contributed by atoms with Crippen LogP contribution in [0.5, 0.6) is 11.5 Å². The van der Waals surface area contributed by atoms with Crippen LogP contribution in [0.15, 0.2) is 18.2 Å². The fraction of sp³-hybridized carbons (Fsp3) is 0.409. The van der Waals surface area contributed by atoms with Crippen molar-refractivity contribution in [1.29, 1.82) is 0 Å². The normalized spacial score (nSPS) is 10.9.